The van der Waals surface area contributed by atoms with Crippen molar-refractivity contribution in [2.24, 2.45) is 5.92 Å². The monoisotopic (exact) mass is 606 g/mol. The van der Waals surface area contributed by atoms with Crippen molar-refractivity contribution < 1.29 is 24.2 Å². The van der Waals surface area contributed by atoms with Gasteiger partial charge in [-0.15, -0.1) is 0 Å². The first-order valence-electron chi connectivity index (χ1n) is 15.4. The van der Waals surface area contributed by atoms with Crippen LogP contribution < -0.4 is 10.6 Å². The van der Waals surface area contributed by atoms with Crippen LogP contribution in [-0.4, -0.2) is 42.6 Å². The second-order valence-corrected chi connectivity index (χ2v) is 11.4. The number of benzene rings is 4. The van der Waals surface area contributed by atoms with E-state index in [1.54, 1.807) is 7.11 Å². The summed E-state index contributed by atoms with van der Waals surface area (Å²) in [7, 11) is 1.57. The lowest BCUT2D eigenvalue weighted by Crippen LogP contribution is -2.51. The highest BCUT2D eigenvalue weighted by atomic mass is 16.5. The standard InChI is InChI=1S/C38H42N2O5/c1-27-23-29(21-22-33(27)30-16-8-4-9-17-30)15-12-20-32(25-36(41)42)37(43)39-34(24-28-13-6-3-7-14-28)38(44)40-35(26-45-2)31-18-10-5-11-19-31/h3-11,13-14,16-19,21-23,32,34-35H,12,15,20,24-26H2,1-2H3,(H,39,43)(H,40,44)(H,41,42). The number of amides is 2. The Balaban J connectivity index is 1.44. The van der Waals surface area contributed by atoms with Crippen LogP contribution in [0.15, 0.2) is 109 Å². The molecule has 0 saturated heterocycles. The van der Waals surface area contributed by atoms with Gasteiger partial charge in [0, 0.05) is 19.4 Å². The fourth-order valence-electron chi connectivity index (χ4n) is 5.61. The zero-order valence-electron chi connectivity index (χ0n) is 25.9. The molecule has 0 heterocycles. The predicted octanol–water partition coefficient (Wildman–Crippen LogP) is 6.31. The molecule has 0 spiro atoms. The highest BCUT2D eigenvalue weighted by Gasteiger charge is 2.29. The third-order valence-corrected chi connectivity index (χ3v) is 7.95. The highest BCUT2D eigenvalue weighted by molar-refractivity contribution is 5.90. The SMILES string of the molecule is COCC(NC(=O)C(Cc1ccccc1)NC(=O)C(CCCc1ccc(-c2ccccc2)c(C)c1)CC(=O)O)c1ccccc1. The van der Waals surface area contributed by atoms with E-state index in [0.717, 1.165) is 27.8 Å². The fourth-order valence-corrected chi connectivity index (χ4v) is 5.61. The average molecular weight is 607 g/mol. The number of carboxylic acid groups (broad SMARTS) is 1. The molecular formula is C38H42N2O5. The minimum atomic E-state index is -1.05. The highest BCUT2D eigenvalue weighted by Crippen LogP contribution is 2.25. The maximum absolute atomic E-state index is 13.6. The number of rotatable bonds is 16. The first-order valence-corrected chi connectivity index (χ1v) is 15.4. The van der Waals surface area contributed by atoms with E-state index in [1.165, 1.54) is 5.56 Å². The Morgan fingerprint density at radius 3 is 2.04 bits per heavy atom. The summed E-state index contributed by atoms with van der Waals surface area (Å²) in [5, 5.41) is 15.6. The minimum absolute atomic E-state index is 0.259. The summed E-state index contributed by atoms with van der Waals surface area (Å²) in [6.07, 6.45) is 1.68. The Labute approximate surface area is 265 Å². The Hall–Kier alpha value is -4.75. The van der Waals surface area contributed by atoms with Gasteiger partial charge in [-0.05, 0) is 59.6 Å². The fraction of sp³-hybridized carbons (Fsp3) is 0.289. The van der Waals surface area contributed by atoms with E-state index in [2.05, 4.69) is 47.9 Å². The van der Waals surface area contributed by atoms with Crippen LogP contribution in [-0.2, 0) is 32.0 Å². The molecule has 0 aliphatic heterocycles. The number of ether oxygens (including phenoxy) is 1. The van der Waals surface area contributed by atoms with Gasteiger partial charge in [-0.25, -0.2) is 0 Å². The van der Waals surface area contributed by atoms with E-state index in [-0.39, 0.29) is 25.4 Å². The van der Waals surface area contributed by atoms with E-state index < -0.39 is 29.9 Å². The normalized spacial score (nSPS) is 12.9. The molecule has 0 saturated carbocycles. The Morgan fingerprint density at radius 2 is 1.42 bits per heavy atom. The van der Waals surface area contributed by atoms with Gasteiger partial charge in [-0.3, -0.25) is 14.4 Å². The lowest BCUT2D eigenvalue weighted by atomic mass is 9.93. The number of methoxy groups -OCH3 is 1. The van der Waals surface area contributed by atoms with Gasteiger partial charge in [-0.2, -0.15) is 0 Å². The average Bonchev–Trinajstić information content (AvgIpc) is 3.05. The third kappa shape index (κ3) is 10.2. The van der Waals surface area contributed by atoms with E-state index in [0.29, 0.717) is 19.3 Å². The molecule has 45 heavy (non-hydrogen) atoms. The Bertz CT molecular complexity index is 1530. The lowest BCUT2D eigenvalue weighted by molar-refractivity contribution is -0.141. The Kier molecular flexibility index (Phi) is 12.5. The number of carboxylic acids is 1. The second-order valence-electron chi connectivity index (χ2n) is 11.4. The molecular weight excluding hydrogens is 564 g/mol. The molecule has 0 aliphatic rings. The molecule has 7 nitrogen and oxygen atoms in total. The van der Waals surface area contributed by atoms with Crippen LogP contribution in [0.3, 0.4) is 0 Å². The van der Waals surface area contributed by atoms with Gasteiger partial charge in [0.25, 0.3) is 0 Å². The first-order chi connectivity index (χ1) is 21.8. The van der Waals surface area contributed by atoms with Gasteiger partial charge in [-0.1, -0.05) is 109 Å². The maximum atomic E-state index is 13.6. The van der Waals surface area contributed by atoms with Crippen LogP contribution in [0.2, 0.25) is 0 Å². The lowest BCUT2D eigenvalue weighted by Gasteiger charge is -2.25. The van der Waals surface area contributed by atoms with E-state index in [1.807, 2.05) is 78.9 Å². The zero-order valence-corrected chi connectivity index (χ0v) is 25.9. The van der Waals surface area contributed by atoms with Gasteiger partial charge >= 0.3 is 5.97 Å². The van der Waals surface area contributed by atoms with Crippen molar-refractivity contribution in [2.75, 3.05) is 13.7 Å². The quantitative estimate of drug-likeness (QED) is 0.139. The third-order valence-electron chi connectivity index (χ3n) is 7.95. The van der Waals surface area contributed by atoms with Crippen LogP contribution in [0.4, 0.5) is 0 Å². The maximum Gasteiger partial charge on any atom is 0.304 e. The predicted molar refractivity (Wildman–Crippen MR) is 177 cm³/mol. The summed E-state index contributed by atoms with van der Waals surface area (Å²) < 4.78 is 5.37. The molecule has 234 valence electrons. The van der Waals surface area contributed by atoms with E-state index in [9.17, 15) is 19.5 Å². The van der Waals surface area contributed by atoms with E-state index >= 15 is 0 Å². The topological polar surface area (TPSA) is 105 Å². The number of aryl methyl sites for hydroxylation is 2. The smallest absolute Gasteiger partial charge is 0.304 e. The zero-order chi connectivity index (χ0) is 32.0. The van der Waals surface area contributed by atoms with Crippen LogP contribution >= 0.6 is 0 Å². The summed E-state index contributed by atoms with van der Waals surface area (Å²) >= 11 is 0. The van der Waals surface area contributed by atoms with Crippen molar-refractivity contribution in [3.63, 3.8) is 0 Å². The van der Waals surface area contributed by atoms with Crippen LogP contribution in [0.25, 0.3) is 11.1 Å². The molecule has 3 unspecified atom stereocenters. The molecule has 3 N–H and O–H groups in total. The van der Waals surface area contributed by atoms with Gasteiger partial charge in [0.2, 0.25) is 11.8 Å². The molecule has 4 aromatic carbocycles. The van der Waals surface area contributed by atoms with Crippen LogP contribution in [0.1, 0.15) is 47.6 Å². The molecule has 4 aromatic rings. The molecule has 0 bridgehead atoms. The number of nitrogens with one attached hydrogen (secondary N) is 2. The van der Waals surface area contributed by atoms with Crippen LogP contribution in [0.5, 0.6) is 0 Å². The summed E-state index contributed by atoms with van der Waals surface area (Å²) in [5.41, 5.74) is 6.39. The van der Waals surface area contributed by atoms with E-state index in [4.69, 9.17) is 4.74 Å². The summed E-state index contributed by atoms with van der Waals surface area (Å²) in [6, 6.07) is 34.2. The number of carbonyl (C=O) groups excluding carboxylic acids is 2. The molecule has 0 radical (unpaired) electrons. The molecule has 3 atom stereocenters. The largest absolute Gasteiger partial charge is 0.481 e. The molecule has 7 heteroatoms. The van der Waals surface area contributed by atoms with Gasteiger partial charge in [0.15, 0.2) is 0 Å². The number of hydrogen-bond donors (Lipinski definition) is 3. The minimum Gasteiger partial charge on any atom is -0.481 e. The number of aliphatic carboxylic acids is 1. The first kappa shape index (κ1) is 33.1. The van der Waals surface area contributed by atoms with Gasteiger partial charge in [0.1, 0.15) is 6.04 Å². The second kappa shape index (κ2) is 16.9. The molecule has 0 aromatic heterocycles. The van der Waals surface area contributed by atoms with Crippen molar-refractivity contribution in [1.82, 2.24) is 10.6 Å². The summed E-state index contributed by atoms with van der Waals surface area (Å²) in [6.45, 7) is 2.34. The van der Waals surface area contributed by atoms with Crippen LogP contribution in [0, 0.1) is 12.8 Å². The van der Waals surface area contributed by atoms with Gasteiger partial charge < -0.3 is 20.5 Å². The van der Waals surface area contributed by atoms with Gasteiger partial charge in [0.05, 0.1) is 19.1 Å². The van der Waals surface area contributed by atoms with Crippen molar-refractivity contribution in [1.29, 1.82) is 0 Å². The van der Waals surface area contributed by atoms with Crippen molar-refractivity contribution in [3.8, 4) is 11.1 Å². The van der Waals surface area contributed by atoms with Crippen molar-refractivity contribution >= 4 is 17.8 Å². The Morgan fingerprint density at radius 1 is 0.778 bits per heavy atom. The summed E-state index contributed by atoms with van der Waals surface area (Å²) in [4.78, 5) is 39.0. The molecule has 4 rings (SSSR count). The van der Waals surface area contributed by atoms with Crippen molar-refractivity contribution in [3.05, 3.63) is 131 Å². The summed E-state index contributed by atoms with van der Waals surface area (Å²) in [5.74, 6) is -2.62. The molecule has 2 amide bonds. The number of hydrogen-bond acceptors (Lipinski definition) is 4. The molecule has 0 aliphatic carbocycles. The number of carbonyl (C=O) groups is 3. The van der Waals surface area contributed by atoms with Crippen molar-refractivity contribution in [2.45, 2.75) is 51.1 Å². The molecule has 0 fully saturated rings.